The molecule has 0 spiro atoms. The largest absolute Gasteiger partial charge is 0.485 e. The summed E-state index contributed by atoms with van der Waals surface area (Å²) in [7, 11) is 0. The zero-order valence-electron chi connectivity index (χ0n) is 14.5. The van der Waals surface area contributed by atoms with Crippen molar-refractivity contribution in [3.05, 3.63) is 67.8 Å². The lowest BCUT2D eigenvalue weighted by atomic mass is 10.2. The molecule has 1 aromatic carbocycles. The van der Waals surface area contributed by atoms with Gasteiger partial charge in [-0.05, 0) is 19.1 Å². The maximum absolute atomic E-state index is 12.2. The van der Waals surface area contributed by atoms with Crippen molar-refractivity contribution in [2.45, 2.75) is 6.92 Å². The molecule has 0 aromatic heterocycles. The van der Waals surface area contributed by atoms with Gasteiger partial charge in [-0.15, -0.1) is 0 Å². The van der Waals surface area contributed by atoms with Crippen molar-refractivity contribution in [3.63, 3.8) is 0 Å². The summed E-state index contributed by atoms with van der Waals surface area (Å²) in [5.74, 6) is 0.637. The molecule has 0 saturated heterocycles. The van der Waals surface area contributed by atoms with Crippen LogP contribution in [0.3, 0.4) is 0 Å². The molecule has 0 N–H and O–H groups in total. The van der Waals surface area contributed by atoms with E-state index in [4.69, 9.17) is 18.9 Å². The van der Waals surface area contributed by atoms with E-state index < -0.39 is 5.97 Å². The third-order valence-corrected chi connectivity index (χ3v) is 2.86. The lowest BCUT2D eigenvalue weighted by molar-refractivity contribution is 0.0548. The molecule has 0 atom stereocenters. The van der Waals surface area contributed by atoms with Crippen molar-refractivity contribution in [2.24, 2.45) is 0 Å². The first kappa shape index (κ1) is 20.1. The lowest BCUT2D eigenvalue weighted by Gasteiger charge is -2.17. The molecule has 5 heteroatoms. The summed E-state index contributed by atoms with van der Waals surface area (Å²) in [5, 5.41) is 0. The summed E-state index contributed by atoms with van der Waals surface area (Å²) >= 11 is 0. The van der Waals surface area contributed by atoms with Crippen LogP contribution in [-0.2, 0) is 4.74 Å². The monoisotopic (exact) mass is 344 g/mol. The van der Waals surface area contributed by atoms with Gasteiger partial charge in [0.05, 0.1) is 5.56 Å². The first-order valence-corrected chi connectivity index (χ1v) is 7.85. The number of esters is 1. The summed E-state index contributed by atoms with van der Waals surface area (Å²) in [6.45, 7) is 13.6. The number of carbonyl (C=O) groups excluding carboxylic acids is 1. The minimum absolute atomic E-state index is 0.116. The number of ether oxygens (including phenoxy) is 4. The van der Waals surface area contributed by atoms with E-state index in [-0.39, 0.29) is 19.8 Å². The Labute approximate surface area is 148 Å². The van der Waals surface area contributed by atoms with Crippen LogP contribution in [0.4, 0.5) is 0 Å². The van der Waals surface area contributed by atoms with Crippen LogP contribution in [0.1, 0.15) is 17.3 Å². The summed E-state index contributed by atoms with van der Waals surface area (Å²) in [6.07, 6.45) is 8.41. The summed E-state index contributed by atoms with van der Waals surface area (Å²) < 4.78 is 22.1. The van der Waals surface area contributed by atoms with E-state index in [2.05, 4.69) is 19.7 Å². The van der Waals surface area contributed by atoms with Gasteiger partial charge >= 0.3 is 5.97 Å². The van der Waals surface area contributed by atoms with Crippen molar-refractivity contribution < 1.29 is 23.7 Å². The molecule has 0 fully saturated rings. The van der Waals surface area contributed by atoms with Gasteiger partial charge in [-0.1, -0.05) is 50.1 Å². The molecule has 25 heavy (non-hydrogen) atoms. The number of hydrogen-bond donors (Lipinski definition) is 0. The van der Waals surface area contributed by atoms with Crippen molar-refractivity contribution in [1.29, 1.82) is 0 Å². The van der Waals surface area contributed by atoms with Crippen LogP contribution in [0.25, 0.3) is 0 Å². The highest BCUT2D eigenvalue weighted by Gasteiger charge is 2.19. The lowest BCUT2D eigenvalue weighted by Crippen LogP contribution is -2.09. The summed E-state index contributed by atoms with van der Waals surface area (Å²) in [5.41, 5.74) is 0.294. The molecular formula is C20H24O5. The highest BCUT2D eigenvalue weighted by Crippen LogP contribution is 2.39. The van der Waals surface area contributed by atoms with Crippen LogP contribution >= 0.6 is 0 Å². The van der Waals surface area contributed by atoms with Crippen molar-refractivity contribution in [3.8, 4) is 17.2 Å². The van der Waals surface area contributed by atoms with Crippen molar-refractivity contribution in [1.82, 2.24) is 0 Å². The van der Waals surface area contributed by atoms with Gasteiger partial charge in [0.25, 0.3) is 0 Å². The molecule has 0 bridgehead atoms. The van der Waals surface area contributed by atoms with Gasteiger partial charge in [0.15, 0.2) is 11.5 Å². The van der Waals surface area contributed by atoms with Crippen LogP contribution in [-0.4, -0.2) is 32.4 Å². The molecule has 0 amide bonds. The highest BCUT2D eigenvalue weighted by atomic mass is 16.5. The van der Waals surface area contributed by atoms with E-state index in [1.807, 2.05) is 19.1 Å². The van der Waals surface area contributed by atoms with E-state index in [0.29, 0.717) is 29.4 Å². The average molecular weight is 344 g/mol. The normalized spacial score (nSPS) is 10.1. The Hall–Kier alpha value is -2.95. The van der Waals surface area contributed by atoms with Crippen LogP contribution in [0.5, 0.6) is 17.2 Å². The molecule has 0 saturated carbocycles. The number of carbonyl (C=O) groups is 1. The van der Waals surface area contributed by atoms with E-state index >= 15 is 0 Å². The van der Waals surface area contributed by atoms with Crippen LogP contribution in [0.15, 0.2) is 62.2 Å². The van der Waals surface area contributed by atoms with Gasteiger partial charge in [-0.25, -0.2) is 4.79 Å². The first-order chi connectivity index (χ1) is 12.2. The minimum atomic E-state index is -0.505. The Morgan fingerprint density at radius 2 is 1.48 bits per heavy atom. The molecule has 1 aromatic rings. The fourth-order valence-corrected chi connectivity index (χ4v) is 1.79. The number of rotatable bonds is 12. The molecule has 0 aliphatic rings. The Kier molecular flexibility index (Phi) is 9.30. The zero-order chi connectivity index (χ0) is 18.5. The van der Waals surface area contributed by atoms with Gasteiger partial charge in [0.1, 0.15) is 26.4 Å². The molecule has 0 heterocycles. The third-order valence-electron chi connectivity index (χ3n) is 2.86. The molecule has 5 nitrogen and oxygen atoms in total. The maximum atomic E-state index is 12.2. The Morgan fingerprint density at radius 1 is 0.920 bits per heavy atom. The first-order valence-electron chi connectivity index (χ1n) is 7.85. The van der Waals surface area contributed by atoms with Crippen molar-refractivity contribution >= 4 is 5.97 Å². The molecule has 1 rings (SSSR count). The second-order valence-corrected chi connectivity index (χ2v) is 4.77. The molecule has 0 radical (unpaired) electrons. The van der Waals surface area contributed by atoms with Gasteiger partial charge < -0.3 is 18.9 Å². The highest BCUT2D eigenvalue weighted by molar-refractivity contribution is 5.91. The van der Waals surface area contributed by atoms with Crippen LogP contribution in [0.2, 0.25) is 0 Å². The standard InChI is InChI=1S/C20H24O5/c1-5-9-13-23-18-15-16(20(21)25-12-8-4)14-17(22-10-6-2)19(18)24-11-7-3/h5-9,14-15H,2-4,10-13H2,1H3/b9-5+. The summed E-state index contributed by atoms with van der Waals surface area (Å²) in [6, 6.07) is 3.12. The van der Waals surface area contributed by atoms with Gasteiger partial charge in [-0.3, -0.25) is 0 Å². The number of hydrogen-bond acceptors (Lipinski definition) is 5. The molecule has 0 unspecified atom stereocenters. The zero-order valence-corrected chi connectivity index (χ0v) is 14.5. The smallest absolute Gasteiger partial charge is 0.338 e. The topological polar surface area (TPSA) is 54.0 Å². The molecule has 0 aliphatic carbocycles. The fraction of sp³-hybridized carbons (Fsp3) is 0.250. The van der Waals surface area contributed by atoms with Gasteiger partial charge in [0, 0.05) is 0 Å². The van der Waals surface area contributed by atoms with E-state index in [1.165, 1.54) is 6.08 Å². The van der Waals surface area contributed by atoms with Crippen LogP contribution in [0, 0.1) is 0 Å². The second-order valence-electron chi connectivity index (χ2n) is 4.77. The van der Waals surface area contributed by atoms with E-state index in [0.717, 1.165) is 0 Å². The van der Waals surface area contributed by atoms with Gasteiger partial charge in [-0.2, -0.15) is 0 Å². The Bertz CT molecular complexity index is 631. The molecule has 0 aliphatic heterocycles. The summed E-state index contributed by atoms with van der Waals surface area (Å²) in [4.78, 5) is 12.2. The van der Waals surface area contributed by atoms with Crippen LogP contribution < -0.4 is 14.2 Å². The second kappa shape index (κ2) is 11.6. The minimum Gasteiger partial charge on any atom is -0.485 e. The maximum Gasteiger partial charge on any atom is 0.338 e. The third kappa shape index (κ3) is 6.59. The molecular weight excluding hydrogens is 320 g/mol. The number of benzene rings is 1. The fourth-order valence-electron chi connectivity index (χ4n) is 1.79. The SMILES string of the molecule is C=CCOC(=O)c1cc(OCC=C)c(OCC=C)c(OC/C=C/C)c1. The Morgan fingerprint density at radius 3 is 2.04 bits per heavy atom. The Balaban J connectivity index is 3.27. The predicted octanol–water partition coefficient (Wildman–Crippen LogP) is 4.11. The van der Waals surface area contributed by atoms with E-state index in [1.54, 1.807) is 24.3 Å². The quantitative estimate of drug-likeness (QED) is 0.422. The van der Waals surface area contributed by atoms with Gasteiger partial charge in [0.2, 0.25) is 5.75 Å². The average Bonchev–Trinajstić information content (AvgIpc) is 2.63. The van der Waals surface area contributed by atoms with Crippen molar-refractivity contribution in [2.75, 3.05) is 26.4 Å². The van der Waals surface area contributed by atoms with E-state index in [9.17, 15) is 4.79 Å². The molecule has 134 valence electrons. The predicted molar refractivity (Wildman–Crippen MR) is 98.6 cm³/mol. The number of allylic oxidation sites excluding steroid dienone is 1.